The number of aryl methyl sites for hydroxylation is 1. The molecule has 3 N–H and O–H groups in total. The number of hydrogen-bond acceptors (Lipinski definition) is 8. The largest absolute Gasteiger partial charge is 0.481 e. The van der Waals surface area contributed by atoms with Gasteiger partial charge >= 0.3 is 17.9 Å². The first-order valence-electron chi connectivity index (χ1n) is 28.3. The van der Waals surface area contributed by atoms with Crippen molar-refractivity contribution in [2.45, 2.75) is 93.6 Å². The van der Waals surface area contributed by atoms with Gasteiger partial charge in [0.15, 0.2) is 19.7 Å². The number of aliphatic carboxylic acids is 3. The van der Waals surface area contributed by atoms with E-state index in [-0.39, 0.29) is 35.2 Å². The summed E-state index contributed by atoms with van der Waals surface area (Å²) < 4.78 is 110. The zero-order valence-corrected chi connectivity index (χ0v) is 48.2. The average molecular weight is 1210 g/mol. The predicted molar refractivity (Wildman–Crippen MR) is 316 cm³/mol. The van der Waals surface area contributed by atoms with Crippen molar-refractivity contribution in [1.82, 2.24) is 18.7 Å². The van der Waals surface area contributed by atoms with Crippen LogP contribution < -0.4 is 0 Å². The zero-order valence-electron chi connectivity index (χ0n) is 46.6. The van der Waals surface area contributed by atoms with Crippen molar-refractivity contribution in [2.75, 3.05) is 12.0 Å². The lowest BCUT2D eigenvalue weighted by Gasteiger charge is -2.23. The molecular weight excluding hydrogens is 1150 g/mol. The van der Waals surface area contributed by atoms with Gasteiger partial charge in [0, 0.05) is 99.6 Å². The van der Waals surface area contributed by atoms with E-state index in [2.05, 4.69) is 10.6 Å². The third kappa shape index (κ3) is 11.2. The van der Waals surface area contributed by atoms with Gasteiger partial charge in [0.2, 0.25) is 0 Å². The average Bonchev–Trinajstić information content (AvgIpc) is 1.75. The van der Waals surface area contributed by atoms with E-state index < -0.39 is 67.0 Å². The monoisotopic (exact) mass is 1210 g/mol. The fourth-order valence-corrected chi connectivity index (χ4v) is 15.4. The first-order chi connectivity index (χ1) is 41.1. The molecule has 4 aliphatic heterocycles. The predicted octanol–water partition coefficient (Wildman–Crippen LogP) is 11.5. The van der Waals surface area contributed by atoms with Gasteiger partial charge in [-0.1, -0.05) is 42.5 Å². The van der Waals surface area contributed by atoms with Gasteiger partial charge in [-0.2, -0.15) is 0 Å². The van der Waals surface area contributed by atoms with Crippen LogP contribution in [0.4, 0.5) is 17.6 Å². The second kappa shape index (κ2) is 22.7. The SMILES string of the molecule is CS(=O)(=O)c1ccc(Cc2c3n(c4ccc(F)cc24)CC(C(=O)O)CC3)c(F)c1.O=C(O)C1CCc2c(Cc3ccc4c(c3)CCS4(=O)=O)c3cc(F)ccc3n2C1.O=C(O)C1CCc2c(Cc3ccc4ccccc4n3)c3cc(F)ccc3n2C1. The third-order valence-corrected chi connectivity index (χ3v) is 20.4. The second-order valence-electron chi connectivity index (χ2n) is 22.9. The van der Waals surface area contributed by atoms with Gasteiger partial charge in [0.25, 0.3) is 0 Å². The number of benzene rings is 6. The first-order valence-corrected chi connectivity index (χ1v) is 31.9. The van der Waals surface area contributed by atoms with E-state index in [9.17, 15) is 64.1 Å². The molecule has 86 heavy (non-hydrogen) atoms. The number of carboxylic acid groups (broad SMARTS) is 3. The van der Waals surface area contributed by atoms with Gasteiger partial charge in [-0.3, -0.25) is 19.4 Å². The van der Waals surface area contributed by atoms with Gasteiger partial charge in [-0.25, -0.2) is 34.4 Å². The Morgan fingerprint density at radius 3 is 1.53 bits per heavy atom. The van der Waals surface area contributed by atoms with Crippen LogP contribution in [0.5, 0.6) is 0 Å². The normalized spacial score (nSPS) is 17.7. The van der Waals surface area contributed by atoms with Crippen LogP contribution in [-0.2, 0) is 98.6 Å². The molecule has 4 aromatic heterocycles. The van der Waals surface area contributed by atoms with Gasteiger partial charge < -0.3 is 29.0 Å². The van der Waals surface area contributed by atoms with Crippen LogP contribution in [-0.4, -0.2) is 80.8 Å². The fourth-order valence-electron chi connectivity index (χ4n) is 13.2. The molecule has 14 nitrogen and oxygen atoms in total. The van der Waals surface area contributed by atoms with Crippen molar-refractivity contribution >= 4 is 81.2 Å². The summed E-state index contributed by atoms with van der Waals surface area (Å²) in [5.74, 6) is -5.34. The molecule has 20 heteroatoms. The molecule has 0 radical (unpaired) electrons. The Balaban J connectivity index is 0.000000126. The van der Waals surface area contributed by atoms with Crippen molar-refractivity contribution in [3.63, 3.8) is 0 Å². The number of nitrogens with zero attached hydrogens (tertiary/aromatic N) is 4. The lowest BCUT2D eigenvalue weighted by molar-refractivity contribution is -0.143. The Morgan fingerprint density at radius 1 is 0.558 bits per heavy atom. The van der Waals surface area contributed by atoms with E-state index in [4.69, 9.17) is 4.98 Å². The first kappa shape index (κ1) is 57.8. The Kier molecular flexibility index (Phi) is 15.2. The summed E-state index contributed by atoms with van der Waals surface area (Å²) in [4.78, 5) is 39.5. The number of aromatic nitrogens is 4. The van der Waals surface area contributed by atoms with Crippen LogP contribution in [0, 0.1) is 41.0 Å². The van der Waals surface area contributed by atoms with Crippen molar-refractivity contribution in [2.24, 2.45) is 17.8 Å². The maximum atomic E-state index is 14.6. The molecule has 442 valence electrons. The minimum Gasteiger partial charge on any atom is -0.481 e. The molecule has 4 aliphatic rings. The number of sulfone groups is 2. The minimum atomic E-state index is -3.52. The lowest BCUT2D eigenvalue weighted by atomic mass is 9.94. The van der Waals surface area contributed by atoms with Gasteiger partial charge in [-0.15, -0.1) is 0 Å². The molecule has 0 saturated carbocycles. The smallest absolute Gasteiger partial charge is 0.308 e. The summed E-state index contributed by atoms with van der Waals surface area (Å²) in [5.41, 5.74) is 12.3. The van der Waals surface area contributed by atoms with Gasteiger partial charge in [0.1, 0.15) is 23.3 Å². The Labute approximate surface area is 491 Å². The van der Waals surface area contributed by atoms with Crippen LogP contribution >= 0.6 is 0 Å². The van der Waals surface area contributed by atoms with Crippen LogP contribution in [0.3, 0.4) is 0 Å². The summed E-state index contributed by atoms with van der Waals surface area (Å²) in [6, 6.07) is 35.0. The highest BCUT2D eigenvalue weighted by Crippen LogP contribution is 2.39. The summed E-state index contributed by atoms with van der Waals surface area (Å²) in [7, 11) is -6.69. The van der Waals surface area contributed by atoms with E-state index in [0.717, 1.165) is 101 Å². The van der Waals surface area contributed by atoms with Crippen LogP contribution in [0.2, 0.25) is 0 Å². The van der Waals surface area contributed by atoms with Crippen LogP contribution in [0.1, 0.15) is 75.4 Å². The lowest BCUT2D eigenvalue weighted by Crippen LogP contribution is -2.26. The number of fused-ring (bicyclic) bond motifs is 11. The van der Waals surface area contributed by atoms with Crippen LogP contribution in [0.15, 0.2) is 137 Å². The quantitative estimate of drug-likeness (QED) is 0.110. The molecule has 6 aromatic carbocycles. The third-order valence-electron chi connectivity index (χ3n) is 17.5. The minimum absolute atomic E-state index is 0.0992. The van der Waals surface area contributed by atoms with Crippen molar-refractivity contribution in [3.8, 4) is 0 Å². The molecule has 0 bridgehead atoms. The molecule has 8 heterocycles. The zero-order chi connectivity index (χ0) is 60.5. The summed E-state index contributed by atoms with van der Waals surface area (Å²) >= 11 is 0. The Hall–Kier alpha value is -8.62. The summed E-state index contributed by atoms with van der Waals surface area (Å²) in [6.07, 6.45) is 6.28. The Bertz CT molecular complexity index is 4690. The van der Waals surface area contributed by atoms with Crippen molar-refractivity contribution in [3.05, 3.63) is 207 Å². The molecular formula is C66H58F4N4O10S2. The second-order valence-corrected chi connectivity index (χ2v) is 27.0. The maximum Gasteiger partial charge on any atom is 0.308 e. The van der Waals surface area contributed by atoms with Gasteiger partial charge in [-0.05, 0) is 170 Å². The van der Waals surface area contributed by atoms with Crippen molar-refractivity contribution in [1.29, 1.82) is 0 Å². The highest BCUT2D eigenvalue weighted by molar-refractivity contribution is 7.91. The van der Waals surface area contributed by atoms with E-state index in [1.807, 2.05) is 51.6 Å². The maximum absolute atomic E-state index is 14.6. The van der Waals surface area contributed by atoms with E-state index in [1.54, 1.807) is 30.3 Å². The number of hydrogen-bond donors (Lipinski definition) is 3. The topological polar surface area (TPSA) is 208 Å². The van der Waals surface area contributed by atoms with E-state index in [1.165, 1.54) is 42.5 Å². The number of carbonyl (C=O) groups is 3. The van der Waals surface area contributed by atoms with E-state index >= 15 is 0 Å². The summed E-state index contributed by atoms with van der Waals surface area (Å²) in [6.45, 7) is 1.09. The molecule has 0 saturated heterocycles. The number of rotatable bonds is 10. The number of halogens is 4. The van der Waals surface area contributed by atoms with Crippen molar-refractivity contribution < 1.29 is 64.1 Å². The molecule has 0 amide bonds. The number of pyridine rings is 1. The fraction of sp³-hybridized carbons (Fsp3) is 0.273. The number of carboxylic acids is 3. The molecule has 3 atom stereocenters. The van der Waals surface area contributed by atoms with Gasteiger partial charge in [0.05, 0.1) is 38.8 Å². The Morgan fingerprint density at radius 2 is 1.05 bits per heavy atom. The number of para-hydroxylation sites is 1. The summed E-state index contributed by atoms with van der Waals surface area (Å²) in [5, 5.41) is 31.6. The molecule has 0 spiro atoms. The van der Waals surface area contributed by atoms with E-state index in [0.29, 0.717) is 86.7 Å². The molecule has 0 aliphatic carbocycles. The highest BCUT2D eigenvalue weighted by atomic mass is 32.2. The molecule has 10 aromatic rings. The molecule has 3 unspecified atom stereocenters. The van der Waals surface area contributed by atoms with Crippen LogP contribution in [0.25, 0.3) is 43.6 Å². The highest BCUT2D eigenvalue weighted by Gasteiger charge is 2.33. The standard InChI is InChI=1S/C23H19FN2O2.C22H20FNO4S.C21H19F2NO4S/c24-16-7-10-22-18(11-16)19(21-9-6-15(23(27)28)13-26(21)22)12-17-8-5-14-3-1-2-4-20(14)25-17;23-16-3-5-20-18(11-16)17(19-4-2-15(22(25)26)12-24(19)20)10-13-1-6-21-14(9-13)7-8-29(21,27)28;1-29(27,28)15-5-2-12(18(23)10-15)8-16-17-9-14(22)4-7-20(17)24-11-13(21(25)26)3-6-19(16)24/h1-5,7-8,10-11,15H,6,9,12-13H2,(H,27,28);1,3,5-6,9,11,15H,2,4,7-8,10,12H2,(H,25,26);2,4-5,7,9-10,13H,3,6,8,11H2,1H3,(H,25,26). The molecule has 0 fully saturated rings. The molecule has 14 rings (SSSR count).